The molecule has 0 aromatic carbocycles. The lowest BCUT2D eigenvalue weighted by Gasteiger charge is -2.19. The van der Waals surface area contributed by atoms with Crippen molar-refractivity contribution in [3.8, 4) is 0 Å². The third-order valence-corrected chi connectivity index (χ3v) is 4.34. The van der Waals surface area contributed by atoms with E-state index in [1.54, 1.807) is 0 Å². The summed E-state index contributed by atoms with van der Waals surface area (Å²) in [5, 5.41) is 2.82. The smallest absolute Gasteiger partial charge is 0.273 e. The highest BCUT2D eigenvalue weighted by atomic mass is 35.5. The SMILES string of the molecule is CC1CCCN(C(=O)c2csc(CCN)n2)CC1.Cl. The van der Waals surface area contributed by atoms with Gasteiger partial charge in [0.2, 0.25) is 0 Å². The van der Waals surface area contributed by atoms with Gasteiger partial charge >= 0.3 is 0 Å². The van der Waals surface area contributed by atoms with Gasteiger partial charge in [-0.1, -0.05) is 6.92 Å². The van der Waals surface area contributed by atoms with Gasteiger partial charge in [-0.05, 0) is 31.7 Å². The van der Waals surface area contributed by atoms with Crippen molar-refractivity contribution in [1.82, 2.24) is 9.88 Å². The van der Waals surface area contributed by atoms with Crippen molar-refractivity contribution in [2.75, 3.05) is 19.6 Å². The Labute approximate surface area is 124 Å². The molecule has 1 aromatic rings. The average Bonchev–Trinajstić information content (AvgIpc) is 2.71. The molecule has 1 saturated heterocycles. The summed E-state index contributed by atoms with van der Waals surface area (Å²) >= 11 is 1.53. The lowest BCUT2D eigenvalue weighted by Crippen LogP contribution is -2.32. The third kappa shape index (κ3) is 4.44. The summed E-state index contributed by atoms with van der Waals surface area (Å²) in [6.07, 6.45) is 4.19. The zero-order valence-corrected chi connectivity index (χ0v) is 12.9. The first-order valence-electron chi connectivity index (χ1n) is 6.64. The van der Waals surface area contributed by atoms with Gasteiger partial charge in [-0.2, -0.15) is 0 Å². The van der Waals surface area contributed by atoms with Crippen LogP contribution in [0.5, 0.6) is 0 Å². The van der Waals surface area contributed by atoms with Gasteiger partial charge in [0.05, 0.1) is 5.01 Å². The molecule has 4 nitrogen and oxygen atoms in total. The van der Waals surface area contributed by atoms with E-state index in [-0.39, 0.29) is 18.3 Å². The summed E-state index contributed by atoms with van der Waals surface area (Å²) in [5.74, 6) is 0.814. The van der Waals surface area contributed by atoms with Crippen LogP contribution < -0.4 is 5.73 Å². The minimum absolute atomic E-state index is 0. The number of amides is 1. The number of carbonyl (C=O) groups excluding carboxylic acids is 1. The Morgan fingerprint density at radius 1 is 1.53 bits per heavy atom. The second-order valence-corrected chi connectivity index (χ2v) is 5.94. The molecule has 1 aliphatic heterocycles. The normalized spacial score (nSPS) is 19.7. The fourth-order valence-electron chi connectivity index (χ4n) is 2.28. The summed E-state index contributed by atoms with van der Waals surface area (Å²) in [5.41, 5.74) is 6.09. The number of carbonyl (C=O) groups is 1. The third-order valence-electron chi connectivity index (χ3n) is 3.43. The quantitative estimate of drug-likeness (QED) is 0.932. The second-order valence-electron chi connectivity index (χ2n) is 4.99. The van der Waals surface area contributed by atoms with Crippen molar-refractivity contribution < 1.29 is 4.79 Å². The fraction of sp³-hybridized carbons (Fsp3) is 0.692. The minimum Gasteiger partial charge on any atom is -0.337 e. The number of likely N-dealkylation sites (tertiary alicyclic amines) is 1. The molecule has 2 heterocycles. The minimum atomic E-state index is 0. The summed E-state index contributed by atoms with van der Waals surface area (Å²) in [6, 6.07) is 0. The van der Waals surface area contributed by atoms with E-state index in [2.05, 4.69) is 11.9 Å². The summed E-state index contributed by atoms with van der Waals surface area (Å²) in [6.45, 7) is 4.58. The van der Waals surface area contributed by atoms with Gasteiger partial charge in [-0.3, -0.25) is 4.79 Å². The Balaban J connectivity index is 0.00000180. The van der Waals surface area contributed by atoms with Crippen LogP contribution in [-0.2, 0) is 6.42 Å². The molecule has 6 heteroatoms. The summed E-state index contributed by atoms with van der Waals surface area (Å²) in [4.78, 5) is 18.6. The Morgan fingerprint density at radius 2 is 2.32 bits per heavy atom. The number of nitrogens with zero attached hydrogens (tertiary/aromatic N) is 2. The standard InChI is InChI=1S/C13H21N3OS.ClH/c1-10-3-2-7-16(8-5-10)13(17)11-9-18-12(15-11)4-6-14;/h9-10H,2-8,14H2,1H3;1H. The Bertz CT molecular complexity index is 410. The molecular weight excluding hydrogens is 282 g/mol. The molecule has 1 amide bonds. The molecule has 0 radical (unpaired) electrons. The number of nitrogens with two attached hydrogens (primary N) is 1. The highest BCUT2D eigenvalue weighted by Gasteiger charge is 2.21. The van der Waals surface area contributed by atoms with Gasteiger partial charge in [-0.25, -0.2) is 4.98 Å². The lowest BCUT2D eigenvalue weighted by molar-refractivity contribution is 0.0755. The Kier molecular flexibility index (Phi) is 6.75. The summed E-state index contributed by atoms with van der Waals surface area (Å²) < 4.78 is 0. The average molecular weight is 304 g/mol. The maximum atomic E-state index is 12.3. The number of halogens is 1. The first kappa shape index (κ1) is 16.4. The molecule has 1 aliphatic rings. The van der Waals surface area contributed by atoms with Gasteiger partial charge in [-0.15, -0.1) is 23.7 Å². The maximum Gasteiger partial charge on any atom is 0.273 e. The highest BCUT2D eigenvalue weighted by Crippen LogP contribution is 2.19. The van der Waals surface area contributed by atoms with Gasteiger partial charge in [0.1, 0.15) is 5.69 Å². The van der Waals surface area contributed by atoms with E-state index >= 15 is 0 Å². The largest absolute Gasteiger partial charge is 0.337 e. The van der Waals surface area contributed by atoms with Crippen molar-refractivity contribution in [3.63, 3.8) is 0 Å². The molecule has 19 heavy (non-hydrogen) atoms. The molecule has 0 saturated carbocycles. The molecule has 2 N–H and O–H groups in total. The monoisotopic (exact) mass is 303 g/mol. The Morgan fingerprint density at radius 3 is 3.05 bits per heavy atom. The zero-order valence-electron chi connectivity index (χ0n) is 11.3. The second kappa shape index (κ2) is 7.82. The van der Waals surface area contributed by atoms with Gasteiger partial charge in [0.15, 0.2) is 0 Å². The molecule has 1 atom stereocenters. The van der Waals surface area contributed by atoms with Crippen LogP contribution in [-0.4, -0.2) is 35.4 Å². The molecule has 0 aliphatic carbocycles. The predicted molar refractivity (Wildman–Crippen MR) is 81.0 cm³/mol. The van der Waals surface area contributed by atoms with Gasteiger partial charge in [0.25, 0.3) is 5.91 Å². The molecule has 0 bridgehead atoms. The number of aromatic nitrogens is 1. The Hall–Kier alpha value is -0.650. The van der Waals surface area contributed by atoms with Crippen molar-refractivity contribution in [1.29, 1.82) is 0 Å². The van der Waals surface area contributed by atoms with E-state index in [9.17, 15) is 4.79 Å². The van der Waals surface area contributed by atoms with Gasteiger partial charge in [0, 0.05) is 24.9 Å². The fourth-order valence-corrected chi connectivity index (χ4v) is 3.06. The van der Waals surface area contributed by atoms with Crippen LogP contribution in [0.15, 0.2) is 5.38 Å². The van der Waals surface area contributed by atoms with E-state index in [0.717, 1.165) is 43.3 Å². The van der Waals surface area contributed by atoms with Crippen LogP contribution >= 0.6 is 23.7 Å². The molecule has 1 unspecified atom stereocenters. The van der Waals surface area contributed by atoms with Crippen LogP contribution in [0, 0.1) is 5.92 Å². The molecule has 2 rings (SSSR count). The molecule has 108 valence electrons. The molecule has 1 fully saturated rings. The van der Waals surface area contributed by atoms with E-state index in [4.69, 9.17) is 5.73 Å². The van der Waals surface area contributed by atoms with Crippen molar-refractivity contribution in [2.45, 2.75) is 32.6 Å². The van der Waals surface area contributed by atoms with Crippen molar-refractivity contribution >= 4 is 29.7 Å². The van der Waals surface area contributed by atoms with E-state index < -0.39 is 0 Å². The van der Waals surface area contributed by atoms with Crippen LogP contribution in [0.3, 0.4) is 0 Å². The van der Waals surface area contributed by atoms with E-state index in [1.807, 2.05) is 10.3 Å². The molecule has 1 aromatic heterocycles. The molecular formula is C13H22ClN3OS. The zero-order chi connectivity index (χ0) is 13.0. The number of hydrogen-bond acceptors (Lipinski definition) is 4. The van der Waals surface area contributed by atoms with Crippen molar-refractivity contribution in [2.24, 2.45) is 11.7 Å². The topological polar surface area (TPSA) is 59.2 Å². The maximum absolute atomic E-state index is 12.3. The predicted octanol–water partition coefficient (Wildman–Crippen LogP) is 2.33. The van der Waals surface area contributed by atoms with Crippen LogP contribution in [0.4, 0.5) is 0 Å². The number of hydrogen-bond donors (Lipinski definition) is 1. The van der Waals surface area contributed by atoms with Gasteiger partial charge < -0.3 is 10.6 Å². The lowest BCUT2D eigenvalue weighted by atomic mass is 10.0. The first-order valence-corrected chi connectivity index (χ1v) is 7.52. The van der Waals surface area contributed by atoms with Crippen LogP contribution in [0.1, 0.15) is 41.7 Å². The van der Waals surface area contributed by atoms with E-state index in [0.29, 0.717) is 12.2 Å². The first-order chi connectivity index (χ1) is 8.70. The number of thiazole rings is 1. The van der Waals surface area contributed by atoms with E-state index in [1.165, 1.54) is 17.8 Å². The highest BCUT2D eigenvalue weighted by molar-refractivity contribution is 7.09. The van der Waals surface area contributed by atoms with Crippen molar-refractivity contribution in [3.05, 3.63) is 16.1 Å². The van der Waals surface area contributed by atoms with Crippen LogP contribution in [0.2, 0.25) is 0 Å². The number of rotatable bonds is 3. The van der Waals surface area contributed by atoms with Crippen LogP contribution in [0.25, 0.3) is 0 Å². The summed E-state index contributed by atoms with van der Waals surface area (Å²) in [7, 11) is 0. The molecule has 0 spiro atoms.